The Labute approximate surface area is 142 Å². The van der Waals surface area contributed by atoms with E-state index >= 15 is 0 Å². The Kier molecular flexibility index (Phi) is 4.06. The molecule has 4 rings (SSSR count). The van der Waals surface area contributed by atoms with E-state index in [2.05, 4.69) is 51.0 Å². The van der Waals surface area contributed by atoms with Crippen LogP contribution in [0.4, 0.5) is 11.9 Å². The molecule has 1 aromatic carbocycles. The minimum atomic E-state index is 0.278. The Balaban J connectivity index is 1.58. The molecule has 0 saturated carbocycles. The zero-order valence-corrected chi connectivity index (χ0v) is 14.1. The maximum absolute atomic E-state index is 6.00. The molecule has 2 aliphatic heterocycles. The van der Waals surface area contributed by atoms with E-state index in [9.17, 15) is 0 Å². The first-order valence-electron chi connectivity index (χ1n) is 8.76. The fourth-order valence-corrected chi connectivity index (χ4v) is 3.71. The van der Waals surface area contributed by atoms with Gasteiger partial charge in [-0.05, 0) is 37.3 Å². The molecular weight excluding hydrogens is 300 g/mol. The van der Waals surface area contributed by atoms with E-state index in [-0.39, 0.29) is 6.04 Å². The van der Waals surface area contributed by atoms with Crippen LogP contribution < -0.4 is 15.5 Å². The molecule has 24 heavy (non-hydrogen) atoms. The minimum absolute atomic E-state index is 0.278. The summed E-state index contributed by atoms with van der Waals surface area (Å²) >= 11 is 0. The van der Waals surface area contributed by atoms with Crippen LogP contribution in [0.1, 0.15) is 36.9 Å². The standard InChI is InChI=1S/C18H24N6/c1-13-16-5-3-2-4-14(16)6-11-24(13)18-21-12-20-17(22-18)23-9-7-15(19)8-10-23/h2-5,12-13,15H,6-11,19H2,1H3. The highest BCUT2D eigenvalue weighted by Gasteiger charge is 2.26. The molecule has 1 saturated heterocycles. The Morgan fingerprint density at radius 2 is 1.79 bits per heavy atom. The van der Waals surface area contributed by atoms with E-state index in [0.717, 1.165) is 50.8 Å². The predicted molar refractivity (Wildman–Crippen MR) is 95.2 cm³/mol. The summed E-state index contributed by atoms with van der Waals surface area (Å²) in [7, 11) is 0. The second-order valence-corrected chi connectivity index (χ2v) is 6.73. The van der Waals surface area contributed by atoms with Gasteiger partial charge in [0.15, 0.2) is 0 Å². The maximum Gasteiger partial charge on any atom is 0.230 e. The third kappa shape index (κ3) is 2.82. The lowest BCUT2D eigenvalue weighted by Crippen LogP contribution is -2.41. The molecule has 1 fully saturated rings. The van der Waals surface area contributed by atoms with Crippen molar-refractivity contribution in [1.82, 2.24) is 15.0 Å². The van der Waals surface area contributed by atoms with Crippen molar-refractivity contribution in [1.29, 1.82) is 0 Å². The van der Waals surface area contributed by atoms with Crippen molar-refractivity contribution in [2.24, 2.45) is 5.73 Å². The average Bonchev–Trinajstić information content (AvgIpc) is 2.63. The number of benzene rings is 1. The van der Waals surface area contributed by atoms with Crippen LogP contribution in [0, 0.1) is 0 Å². The topological polar surface area (TPSA) is 71.2 Å². The van der Waals surface area contributed by atoms with Gasteiger partial charge in [-0.2, -0.15) is 4.98 Å². The van der Waals surface area contributed by atoms with Crippen LogP contribution in [-0.2, 0) is 6.42 Å². The first-order chi connectivity index (χ1) is 11.7. The van der Waals surface area contributed by atoms with Crippen LogP contribution >= 0.6 is 0 Å². The number of nitrogens with two attached hydrogens (primary N) is 1. The summed E-state index contributed by atoms with van der Waals surface area (Å²) in [6.07, 6.45) is 4.66. The summed E-state index contributed by atoms with van der Waals surface area (Å²) in [5.74, 6) is 1.55. The Morgan fingerprint density at radius 3 is 2.62 bits per heavy atom. The van der Waals surface area contributed by atoms with Gasteiger partial charge in [-0.3, -0.25) is 0 Å². The van der Waals surface area contributed by atoms with Gasteiger partial charge < -0.3 is 15.5 Å². The molecule has 1 atom stereocenters. The van der Waals surface area contributed by atoms with Gasteiger partial charge in [0.1, 0.15) is 6.33 Å². The Morgan fingerprint density at radius 1 is 1.04 bits per heavy atom. The summed E-state index contributed by atoms with van der Waals surface area (Å²) in [4.78, 5) is 18.1. The van der Waals surface area contributed by atoms with E-state index < -0.39 is 0 Å². The van der Waals surface area contributed by atoms with E-state index in [4.69, 9.17) is 10.7 Å². The van der Waals surface area contributed by atoms with Gasteiger partial charge >= 0.3 is 0 Å². The number of aromatic nitrogens is 3. The van der Waals surface area contributed by atoms with Crippen molar-refractivity contribution in [2.45, 2.75) is 38.3 Å². The molecule has 0 aliphatic carbocycles. The van der Waals surface area contributed by atoms with Gasteiger partial charge in [-0.1, -0.05) is 24.3 Å². The van der Waals surface area contributed by atoms with Gasteiger partial charge in [0, 0.05) is 25.7 Å². The lowest BCUT2D eigenvalue weighted by molar-refractivity contribution is 0.494. The molecule has 1 aromatic heterocycles. The molecule has 1 unspecified atom stereocenters. The fraction of sp³-hybridized carbons (Fsp3) is 0.500. The zero-order valence-electron chi connectivity index (χ0n) is 14.1. The summed E-state index contributed by atoms with van der Waals surface area (Å²) in [6.45, 7) is 5.00. The molecule has 2 N–H and O–H groups in total. The van der Waals surface area contributed by atoms with E-state index in [1.165, 1.54) is 11.1 Å². The minimum Gasteiger partial charge on any atom is -0.341 e. The van der Waals surface area contributed by atoms with Gasteiger partial charge in [-0.25, -0.2) is 9.97 Å². The molecule has 2 aliphatic rings. The van der Waals surface area contributed by atoms with Crippen LogP contribution in [0.5, 0.6) is 0 Å². The highest BCUT2D eigenvalue weighted by atomic mass is 15.3. The van der Waals surface area contributed by atoms with E-state index in [1.807, 2.05) is 0 Å². The Bertz CT molecular complexity index is 710. The molecule has 6 heteroatoms. The number of piperidine rings is 1. The van der Waals surface area contributed by atoms with Crippen LogP contribution in [0.3, 0.4) is 0 Å². The first-order valence-corrected chi connectivity index (χ1v) is 8.76. The second-order valence-electron chi connectivity index (χ2n) is 6.73. The molecule has 126 valence electrons. The Hall–Kier alpha value is -2.21. The largest absolute Gasteiger partial charge is 0.341 e. The number of nitrogens with zero attached hydrogens (tertiary/aromatic N) is 5. The van der Waals surface area contributed by atoms with Crippen molar-refractivity contribution in [3.63, 3.8) is 0 Å². The summed E-state index contributed by atoms with van der Waals surface area (Å²) < 4.78 is 0. The molecule has 6 nitrogen and oxygen atoms in total. The van der Waals surface area contributed by atoms with Crippen LogP contribution in [0.15, 0.2) is 30.6 Å². The van der Waals surface area contributed by atoms with Crippen LogP contribution in [0.2, 0.25) is 0 Å². The van der Waals surface area contributed by atoms with Gasteiger partial charge in [-0.15, -0.1) is 0 Å². The molecule has 0 amide bonds. The summed E-state index contributed by atoms with van der Waals surface area (Å²) in [5.41, 5.74) is 8.80. The van der Waals surface area contributed by atoms with Crippen molar-refractivity contribution in [3.8, 4) is 0 Å². The van der Waals surface area contributed by atoms with E-state index in [1.54, 1.807) is 6.33 Å². The zero-order chi connectivity index (χ0) is 16.5. The molecule has 3 heterocycles. The SMILES string of the molecule is CC1c2ccccc2CCN1c1ncnc(N2CCC(N)CC2)n1. The monoisotopic (exact) mass is 324 g/mol. The molecular formula is C18H24N6. The lowest BCUT2D eigenvalue weighted by atomic mass is 9.94. The molecule has 0 radical (unpaired) electrons. The van der Waals surface area contributed by atoms with Gasteiger partial charge in [0.05, 0.1) is 6.04 Å². The van der Waals surface area contributed by atoms with Crippen molar-refractivity contribution in [3.05, 3.63) is 41.7 Å². The van der Waals surface area contributed by atoms with Crippen LogP contribution in [0.25, 0.3) is 0 Å². The molecule has 0 bridgehead atoms. The number of hydrogen-bond acceptors (Lipinski definition) is 6. The number of hydrogen-bond donors (Lipinski definition) is 1. The molecule has 2 aromatic rings. The average molecular weight is 324 g/mol. The van der Waals surface area contributed by atoms with E-state index in [0.29, 0.717) is 6.04 Å². The third-order valence-corrected chi connectivity index (χ3v) is 5.22. The smallest absolute Gasteiger partial charge is 0.230 e. The quantitative estimate of drug-likeness (QED) is 0.910. The summed E-state index contributed by atoms with van der Waals surface area (Å²) in [5, 5.41) is 0. The second kappa shape index (κ2) is 6.36. The predicted octanol–water partition coefficient (Wildman–Crippen LogP) is 1.92. The molecule has 0 spiro atoms. The number of anilines is 2. The first kappa shape index (κ1) is 15.3. The van der Waals surface area contributed by atoms with Crippen LogP contribution in [-0.4, -0.2) is 40.6 Å². The summed E-state index contributed by atoms with van der Waals surface area (Å²) in [6, 6.07) is 9.23. The third-order valence-electron chi connectivity index (χ3n) is 5.22. The lowest BCUT2D eigenvalue weighted by Gasteiger charge is -2.36. The highest BCUT2D eigenvalue weighted by molar-refractivity contribution is 5.45. The maximum atomic E-state index is 6.00. The van der Waals surface area contributed by atoms with Crippen molar-refractivity contribution >= 4 is 11.9 Å². The number of fused-ring (bicyclic) bond motifs is 1. The van der Waals surface area contributed by atoms with Crippen molar-refractivity contribution in [2.75, 3.05) is 29.4 Å². The number of rotatable bonds is 2. The highest BCUT2D eigenvalue weighted by Crippen LogP contribution is 2.31. The fourth-order valence-electron chi connectivity index (χ4n) is 3.71. The van der Waals surface area contributed by atoms with Gasteiger partial charge in [0.2, 0.25) is 11.9 Å². The van der Waals surface area contributed by atoms with Gasteiger partial charge in [0.25, 0.3) is 0 Å². The normalized spacial score (nSPS) is 21.7. The van der Waals surface area contributed by atoms with Crippen molar-refractivity contribution < 1.29 is 0 Å².